The zero-order chi connectivity index (χ0) is 14.5. The van der Waals surface area contributed by atoms with E-state index in [1.807, 2.05) is 24.4 Å². The number of aryl methyl sites for hydroxylation is 1. The molecule has 0 bridgehead atoms. The summed E-state index contributed by atoms with van der Waals surface area (Å²) in [7, 11) is 0. The summed E-state index contributed by atoms with van der Waals surface area (Å²) in [6.45, 7) is 1.09. The van der Waals surface area contributed by atoms with Gasteiger partial charge in [-0.15, -0.1) is 0 Å². The molecule has 0 saturated carbocycles. The Kier molecular flexibility index (Phi) is 4.40. The van der Waals surface area contributed by atoms with Crippen molar-refractivity contribution in [3.05, 3.63) is 30.2 Å². The summed E-state index contributed by atoms with van der Waals surface area (Å²) in [5, 5.41) is 0. The number of aromatic nitrogens is 2. The molecular formula is C16H21N3O2. The van der Waals surface area contributed by atoms with Crippen LogP contribution in [0.15, 0.2) is 24.4 Å². The van der Waals surface area contributed by atoms with Crippen LogP contribution >= 0.6 is 0 Å². The first kappa shape index (κ1) is 13.9. The third-order valence-electron chi connectivity index (χ3n) is 3.68. The minimum absolute atomic E-state index is 0.301. The van der Waals surface area contributed by atoms with E-state index in [1.165, 1.54) is 12.8 Å². The second-order valence-corrected chi connectivity index (χ2v) is 5.26. The van der Waals surface area contributed by atoms with Crippen LogP contribution in [0.5, 0.6) is 11.5 Å². The van der Waals surface area contributed by atoms with Crippen molar-refractivity contribution in [2.45, 2.75) is 32.1 Å². The van der Waals surface area contributed by atoms with E-state index in [1.54, 1.807) is 0 Å². The number of H-pyrrole nitrogens is 1. The first-order chi connectivity index (χ1) is 10.4. The minimum atomic E-state index is 0.301. The molecular weight excluding hydrogens is 266 g/mol. The number of aromatic amines is 1. The Hall–Kier alpha value is -2.01. The largest absolute Gasteiger partial charge is 0.454 e. The summed E-state index contributed by atoms with van der Waals surface area (Å²) < 4.78 is 10.7. The van der Waals surface area contributed by atoms with E-state index in [9.17, 15) is 0 Å². The van der Waals surface area contributed by atoms with E-state index in [4.69, 9.17) is 15.2 Å². The summed E-state index contributed by atoms with van der Waals surface area (Å²) >= 11 is 0. The number of nitrogens with zero attached hydrogens (tertiary/aromatic N) is 1. The second kappa shape index (κ2) is 6.63. The van der Waals surface area contributed by atoms with Gasteiger partial charge in [0.2, 0.25) is 6.79 Å². The van der Waals surface area contributed by atoms with Crippen molar-refractivity contribution in [1.82, 2.24) is 9.97 Å². The van der Waals surface area contributed by atoms with Crippen LogP contribution in [0.1, 0.15) is 31.5 Å². The van der Waals surface area contributed by atoms with Crippen molar-refractivity contribution >= 4 is 0 Å². The number of fused-ring (bicyclic) bond motifs is 1. The summed E-state index contributed by atoms with van der Waals surface area (Å²) in [5.41, 5.74) is 7.58. The van der Waals surface area contributed by atoms with Crippen LogP contribution in [0.2, 0.25) is 0 Å². The summed E-state index contributed by atoms with van der Waals surface area (Å²) in [6, 6.07) is 5.94. The predicted molar refractivity (Wildman–Crippen MR) is 81.4 cm³/mol. The number of nitrogens with two attached hydrogens (primary N) is 1. The average Bonchev–Trinajstić information content (AvgIpc) is 3.15. The molecule has 3 rings (SSSR count). The summed E-state index contributed by atoms with van der Waals surface area (Å²) in [5.74, 6) is 2.64. The van der Waals surface area contributed by atoms with Crippen molar-refractivity contribution in [2.24, 2.45) is 5.73 Å². The molecule has 1 aromatic carbocycles. The number of benzene rings is 1. The van der Waals surface area contributed by atoms with Gasteiger partial charge in [0, 0.05) is 12.0 Å². The lowest BCUT2D eigenvalue weighted by Crippen LogP contribution is -1.98. The molecule has 2 aromatic rings. The minimum Gasteiger partial charge on any atom is -0.454 e. The lowest BCUT2D eigenvalue weighted by atomic mass is 10.1. The van der Waals surface area contributed by atoms with Gasteiger partial charge < -0.3 is 20.2 Å². The number of unbranched alkanes of at least 4 members (excludes halogenated alkanes) is 3. The van der Waals surface area contributed by atoms with Gasteiger partial charge in [-0.2, -0.15) is 0 Å². The molecule has 0 unspecified atom stereocenters. The van der Waals surface area contributed by atoms with Gasteiger partial charge in [-0.1, -0.05) is 12.8 Å². The Morgan fingerprint density at radius 2 is 1.95 bits per heavy atom. The fraction of sp³-hybridized carbons (Fsp3) is 0.438. The van der Waals surface area contributed by atoms with Crippen LogP contribution in [0.4, 0.5) is 0 Å². The van der Waals surface area contributed by atoms with Gasteiger partial charge in [0.25, 0.3) is 0 Å². The van der Waals surface area contributed by atoms with Crippen LogP contribution in [0.3, 0.4) is 0 Å². The molecule has 1 aromatic heterocycles. The average molecular weight is 287 g/mol. The molecule has 112 valence electrons. The number of hydrogen-bond donors (Lipinski definition) is 2. The SMILES string of the molecule is NCCCCCCc1ncc(-c2ccc3c(c2)OCO3)[nH]1. The zero-order valence-electron chi connectivity index (χ0n) is 12.1. The molecule has 3 N–H and O–H groups in total. The molecule has 1 aliphatic heterocycles. The quantitative estimate of drug-likeness (QED) is 0.768. The monoisotopic (exact) mass is 287 g/mol. The fourth-order valence-corrected chi connectivity index (χ4v) is 2.49. The molecule has 2 heterocycles. The highest BCUT2D eigenvalue weighted by Crippen LogP contribution is 2.35. The first-order valence-electron chi connectivity index (χ1n) is 7.51. The highest BCUT2D eigenvalue weighted by molar-refractivity contribution is 5.64. The molecule has 0 radical (unpaired) electrons. The van der Waals surface area contributed by atoms with Crippen LogP contribution in [-0.4, -0.2) is 23.3 Å². The smallest absolute Gasteiger partial charge is 0.231 e. The van der Waals surface area contributed by atoms with E-state index in [0.29, 0.717) is 6.79 Å². The molecule has 1 aliphatic rings. The molecule has 21 heavy (non-hydrogen) atoms. The molecule has 0 aliphatic carbocycles. The topological polar surface area (TPSA) is 73.2 Å². The van der Waals surface area contributed by atoms with Gasteiger partial charge in [-0.05, 0) is 37.6 Å². The number of imidazole rings is 1. The number of ether oxygens (including phenoxy) is 2. The van der Waals surface area contributed by atoms with E-state index in [2.05, 4.69) is 9.97 Å². The fourth-order valence-electron chi connectivity index (χ4n) is 2.49. The van der Waals surface area contributed by atoms with Gasteiger partial charge in [-0.25, -0.2) is 4.98 Å². The standard InChI is InChI=1S/C16H21N3O2/c17-8-4-2-1-3-5-16-18-10-13(19-16)12-6-7-14-15(9-12)21-11-20-14/h6-7,9-10H,1-5,8,11,17H2,(H,18,19). The number of nitrogens with one attached hydrogen (secondary N) is 1. The first-order valence-corrected chi connectivity index (χ1v) is 7.51. The maximum Gasteiger partial charge on any atom is 0.231 e. The van der Waals surface area contributed by atoms with E-state index < -0.39 is 0 Å². The molecule has 5 heteroatoms. The van der Waals surface area contributed by atoms with Crippen molar-refractivity contribution in [1.29, 1.82) is 0 Å². The van der Waals surface area contributed by atoms with Crippen LogP contribution in [0.25, 0.3) is 11.3 Å². The van der Waals surface area contributed by atoms with Gasteiger partial charge in [0.1, 0.15) is 5.82 Å². The van der Waals surface area contributed by atoms with Crippen LogP contribution in [0, 0.1) is 0 Å². The van der Waals surface area contributed by atoms with Crippen LogP contribution in [-0.2, 0) is 6.42 Å². The highest BCUT2D eigenvalue weighted by Gasteiger charge is 2.14. The maximum atomic E-state index is 5.49. The lowest BCUT2D eigenvalue weighted by Gasteiger charge is -2.01. The van der Waals surface area contributed by atoms with Gasteiger partial charge in [0.15, 0.2) is 11.5 Å². The van der Waals surface area contributed by atoms with Crippen molar-refractivity contribution < 1.29 is 9.47 Å². The van der Waals surface area contributed by atoms with E-state index in [0.717, 1.165) is 54.4 Å². The predicted octanol–water partition coefficient (Wildman–Crippen LogP) is 2.87. The van der Waals surface area contributed by atoms with Crippen molar-refractivity contribution in [2.75, 3.05) is 13.3 Å². The Labute approximate surface area is 124 Å². The summed E-state index contributed by atoms with van der Waals surface area (Å²) in [4.78, 5) is 7.83. The van der Waals surface area contributed by atoms with E-state index >= 15 is 0 Å². The molecule has 0 amide bonds. The van der Waals surface area contributed by atoms with Gasteiger partial charge in [-0.3, -0.25) is 0 Å². The Morgan fingerprint density at radius 3 is 2.86 bits per heavy atom. The van der Waals surface area contributed by atoms with E-state index in [-0.39, 0.29) is 0 Å². The van der Waals surface area contributed by atoms with Crippen molar-refractivity contribution in [3.8, 4) is 22.8 Å². The summed E-state index contributed by atoms with van der Waals surface area (Å²) in [6.07, 6.45) is 7.53. The number of hydrogen-bond acceptors (Lipinski definition) is 4. The highest BCUT2D eigenvalue weighted by atomic mass is 16.7. The molecule has 5 nitrogen and oxygen atoms in total. The van der Waals surface area contributed by atoms with Crippen molar-refractivity contribution in [3.63, 3.8) is 0 Å². The lowest BCUT2D eigenvalue weighted by molar-refractivity contribution is 0.174. The van der Waals surface area contributed by atoms with Crippen LogP contribution < -0.4 is 15.2 Å². The van der Waals surface area contributed by atoms with Gasteiger partial charge in [0.05, 0.1) is 11.9 Å². The van der Waals surface area contributed by atoms with Gasteiger partial charge >= 0.3 is 0 Å². The Balaban J connectivity index is 1.59. The Bertz CT molecular complexity index is 595. The molecule has 0 atom stereocenters. The maximum absolute atomic E-state index is 5.49. The number of rotatable bonds is 7. The molecule has 0 spiro atoms. The Morgan fingerprint density at radius 1 is 1.10 bits per heavy atom. The third kappa shape index (κ3) is 3.36. The normalized spacial score (nSPS) is 12.8. The second-order valence-electron chi connectivity index (χ2n) is 5.26. The molecule has 0 fully saturated rings. The molecule has 0 saturated heterocycles. The zero-order valence-corrected chi connectivity index (χ0v) is 12.1. The third-order valence-corrected chi connectivity index (χ3v) is 3.68.